The molecule has 1 rings (SSSR count). The Morgan fingerprint density at radius 2 is 2.00 bits per heavy atom. The average molecular weight is 191 g/mol. The minimum absolute atomic E-state index is 0.940. The van der Waals surface area contributed by atoms with Crippen molar-refractivity contribution in [3.8, 4) is 5.75 Å². The Kier molecular flexibility index (Phi) is 4.61. The summed E-state index contributed by atoms with van der Waals surface area (Å²) in [6.07, 6.45) is 4.89. The summed E-state index contributed by atoms with van der Waals surface area (Å²) >= 11 is 0. The van der Waals surface area contributed by atoms with Crippen molar-refractivity contribution in [2.24, 2.45) is 0 Å². The van der Waals surface area contributed by atoms with Crippen LogP contribution in [-0.2, 0) is 6.42 Å². The molecule has 0 amide bonds. The number of rotatable bonds is 5. The molecule has 1 aromatic carbocycles. The summed E-state index contributed by atoms with van der Waals surface area (Å²) < 4.78 is 5.08. The minimum Gasteiger partial charge on any atom is -0.540 e. The molecule has 1 nitrogen and oxygen atoms in total. The van der Waals surface area contributed by atoms with Gasteiger partial charge >= 0.3 is 10.5 Å². The number of aryl methyl sites for hydroxylation is 1. The lowest BCUT2D eigenvalue weighted by atomic mass is 10.1. The molecule has 3 radical (unpaired) electrons. The third kappa shape index (κ3) is 3.23. The van der Waals surface area contributed by atoms with Crippen molar-refractivity contribution in [3.63, 3.8) is 0 Å². The van der Waals surface area contributed by atoms with E-state index in [1.807, 2.05) is 12.1 Å². The Hall–Kier alpha value is -0.763. The third-order valence-electron chi connectivity index (χ3n) is 2.13. The van der Waals surface area contributed by atoms with Crippen LogP contribution in [0.15, 0.2) is 24.3 Å². The molecule has 0 aliphatic carbocycles. The van der Waals surface area contributed by atoms with E-state index in [1.165, 1.54) is 24.8 Å². The van der Waals surface area contributed by atoms with E-state index >= 15 is 0 Å². The van der Waals surface area contributed by atoms with E-state index in [1.54, 1.807) is 0 Å². The summed E-state index contributed by atoms with van der Waals surface area (Å²) in [7, 11) is 3.06. The molecule has 0 spiro atoms. The quantitative estimate of drug-likeness (QED) is 0.513. The highest BCUT2D eigenvalue weighted by molar-refractivity contribution is 6.00. The normalized spacial score (nSPS) is 10.0. The van der Waals surface area contributed by atoms with E-state index < -0.39 is 0 Å². The zero-order valence-electron chi connectivity index (χ0n) is 8.05. The van der Waals surface area contributed by atoms with Crippen molar-refractivity contribution in [2.75, 3.05) is 0 Å². The van der Waals surface area contributed by atoms with Crippen LogP contribution in [0.5, 0.6) is 5.75 Å². The van der Waals surface area contributed by atoms with Crippen LogP contribution < -0.4 is 4.43 Å². The summed E-state index contributed by atoms with van der Waals surface area (Å²) in [5, 5.41) is 0. The van der Waals surface area contributed by atoms with Crippen LogP contribution in [0.1, 0.15) is 31.7 Å². The molecule has 1 aromatic rings. The molecule has 0 aliphatic rings. The standard InChI is InChI=1S/C11H15OSi/c1-2-3-4-7-10-8-5-6-9-11(10)12-13/h5-6,8-9H,2-4,7H2,1H3. The molecule has 13 heavy (non-hydrogen) atoms. The number of hydrogen-bond donors (Lipinski definition) is 0. The van der Waals surface area contributed by atoms with Crippen LogP contribution in [0.4, 0.5) is 0 Å². The van der Waals surface area contributed by atoms with Crippen LogP contribution in [0, 0.1) is 0 Å². The first-order chi connectivity index (χ1) is 6.38. The first-order valence-corrected chi connectivity index (χ1v) is 5.20. The van der Waals surface area contributed by atoms with E-state index in [4.69, 9.17) is 4.43 Å². The van der Waals surface area contributed by atoms with Gasteiger partial charge in [0.05, 0.1) is 0 Å². The van der Waals surface area contributed by atoms with Gasteiger partial charge in [-0.3, -0.25) is 0 Å². The molecule has 0 saturated carbocycles. The lowest BCUT2D eigenvalue weighted by molar-refractivity contribution is 0.598. The average Bonchev–Trinajstić information content (AvgIpc) is 2.19. The topological polar surface area (TPSA) is 9.23 Å². The minimum atomic E-state index is 0.940. The van der Waals surface area contributed by atoms with Gasteiger partial charge in [0.1, 0.15) is 5.75 Å². The largest absolute Gasteiger partial charge is 0.540 e. The molecule has 0 unspecified atom stereocenters. The Bertz CT molecular complexity index is 248. The molecule has 0 N–H and O–H groups in total. The number of unbranched alkanes of at least 4 members (excludes halogenated alkanes) is 2. The van der Waals surface area contributed by atoms with Crippen LogP contribution in [0.2, 0.25) is 0 Å². The van der Waals surface area contributed by atoms with Gasteiger partial charge in [0.2, 0.25) is 0 Å². The van der Waals surface area contributed by atoms with E-state index in [0.717, 1.165) is 12.2 Å². The molecule has 0 bridgehead atoms. The smallest absolute Gasteiger partial charge is 0.341 e. The maximum Gasteiger partial charge on any atom is 0.341 e. The van der Waals surface area contributed by atoms with Crippen molar-refractivity contribution in [3.05, 3.63) is 29.8 Å². The van der Waals surface area contributed by atoms with E-state index in [2.05, 4.69) is 29.5 Å². The Balaban J connectivity index is 2.54. The molecule has 0 aliphatic heterocycles. The fraction of sp³-hybridized carbons (Fsp3) is 0.455. The number of para-hydroxylation sites is 1. The van der Waals surface area contributed by atoms with E-state index in [9.17, 15) is 0 Å². The third-order valence-corrected chi connectivity index (χ3v) is 2.35. The highest BCUT2D eigenvalue weighted by atomic mass is 28.2. The van der Waals surface area contributed by atoms with Crippen molar-refractivity contribution in [2.45, 2.75) is 32.6 Å². The second kappa shape index (κ2) is 5.81. The Morgan fingerprint density at radius 1 is 1.23 bits per heavy atom. The zero-order chi connectivity index (χ0) is 9.52. The van der Waals surface area contributed by atoms with Gasteiger partial charge in [-0.15, -0.1) is 0 Å². The lowest BCUT2D eigenvalue weighted by Crippen LogP contribution is -1.92. The first kappa shape index (κ1) is 10.3. The zero-order valence-corrected chi connectivity index (χ0v) is 9.05. The molecule has 2 heteroatoms. The van der Waals surface area contributed by atoms with Gasteiger partial charge < -0.3 is 4.43 Å². The van der Waals surface area contributed by atoms with Gasteiger partial charge in [-0.25, -0.2) is 0 Å². The van der Waals surface area contributed by atoms with E-state index in [-0.39, 0.29) is 0 Å². The molecular weight excluding hydrogens is 176 g/mol. The van der Waals surface area contributed by atoms with Crippen molar-refractivity contribution >= 4 is 10.5 Å². The maximum absolute atomic E-state index is 5.08. The van der Waals surface area contributed by atoms with Crippen LogP contribution in [0.3, 0.4) is 0 Å². The Morgan fingerprint density at radius 3 is 2.69 bits per heavy atom. The van der Waals surface area contributed by atoms with Crippen LogP contribution >= 0.6 is 0 Å². The predicted molar refractivity (Wildman–Crippen MR) is 56.1 cm³/mol. The Labute approximate surface area is 83.7 Å². The maximum atomic E-state index is 5.08. The molecule has 69 valence electrons. The summed E-state index contributed by atoms with van der Waals surface area (Å²) in [6.45, 7) is 2.21. The first-order valence-electron chi connectivity index (χ1n) is 4.80. The van der Waals surface area contributed by atoms with Crippen LogP contribution in [0.25, 0.3) is 0 Å². The molecular formula is C11H15OSi. The van der Waals surface area contributed by atoms with Gasteiger partial charge in [0.15, 0.2) is 0 Å². The lowest BCUT2D eigenvalue weighted by Gasteiger charge is -2.07. The van der Waals surface area contributed by atoms with Gasteiger partial charge in [0.25, 0.3) is 0 Å². The van der Waals surface area contributed by atoms with Gasteiger partial charge in [-0.1, -0.05) is 38.0 Å². The summed E-state index contributed by atoms with van der Waals surface area (Å²) in [4.78, 5) is 0. The SMILES string of the molecule is CCCCCc1ccccc1O[Si]. The van der Waals surface area contributed by atoms with Gasteiger partial charge in [-0.2, -0.15) is 0 Å². The van der Waals surface area contributed by atoms with E-state index in [0.29, 0.717) is 0 Å². The summed E-state index contributed by atoms with van der Waals surface area (Å²) in [5.41, 5.74) is 1.28. The number of hydrogen-bond acceptors (Lipinski definition) is 1. The fourth-order valence-electron chi connectivity index (χ4n) is 1.38. The van der Waals surface area contributed by atoms with Crippen molar-refractivity contribution < 1.29 is 4.43 Å². The monoisotopic (exact) mass is 191 g/mol. The second-order valence-corrected chi connectivity index (χ2v) is 3.37. The molecule has 0 aromatic heterocycles. The second-order valence-electron chi connectivity index (χ2n) is 3.17. The predicted octanol–water partition coefficient (Wildman–Crippen LogP) is 2.88. The fourth-order valence-corrected chi connectivity index (χ4v) is 1.57. The highest BCUT2D eigenvalue weighted by Crippen LogP contribution is 2.19. The molecule has 0 heterocycles. The molecule has 0 saturated heterocycles. The number of benzene rings is 1. The van der Waals surface area contributed by atoms with Gasteiger partial charge in [-0.05, 0) is 24.5 Å². The van der Waals surface area contributed by atoms with Crippen LogP contribution in [-0.4, -0.2) is 10.5 Å². The highest BCUT2D eigenvalue weighted by Gasteiger charge is 1.99. The molecule has 0 atom stereocenters. The summed E-state index contributed by atoms with van der Waals surface area (Å²) in [5.74, 6) is 0.940. The molecule has 0 fully saturated rings. The van der Waals surface area contributed by atoms with Crippen molar-refractivity contribution in [1.82, 2.24) is 0 Å². The summed E-state index contributed by atoms with van der Waals surface area (Å²) in [6, 6.07) is 8.13. The van der Waals surface area contributed by atoms with Crippen molar-refractivity contribution in [1.29, 1.82) is 0 Å². The van der Waals surface area contributed by atoms with Gasteiger partial charge in [0, 0.05) is 0 Å².